The molecule has 1 heterocycles. The van der Waals surface area contributed by atoms with Gasteiger partial charge in [-0.15, -0.1) is 0 Å². The molecule has 0 aromatic heterocycles. The highest BCUT2D eigenvalue weighted by molar-refractivity contribution is 9.10. The van der Waals surface area contributed by atoms with Gasteiger partial charge in [0.05, 0.1) is 13.0 Å². The predicted molar refractivity (Wildman–Crippen MR) is 77.9 cm³/mol. The van der Waals surface area contributed by atoms with Gasteiger partial charge < -0.3 is 4.90 Å². The van der Waals surface area contributed by atoms with Gasteiger partial charge in [0, 0.05) is 16.4 Å². The number of carbonyl (C=O) groups is 2. The molecule has 1 fully saturated rings. The number of piperidine rings is 1. The normalized spacial score (nSPS) is 18.5. The van der Waals surface area contributed by atoms with Crippen molar-refractivity contribution in [3.63, 3.8) is 0 Å². The third-order valence-corrected chi connectivity index (χ3v) is 4.12. The molecule has 1 aromatic rings. The molecule has 0 atom stereocenters. The Morgan fingerprint density at radius 2 is 2.16 bits per heavy atom. The fraction of sp³-hybridized carbons (Fsp3) is 0.467. The summed E-state index contributed by atoms with van der Waals surface area (Å²) >= 11 is 3.40. The first-order valence-corrected chi connectivity index (χ1v) is 7.24. The number of amides is 1. The molecule has 0 spiro atoms. The summed E-state index contributed by atoms with van der Waals surface area (Å²) in [7, 11) is 0. The molecular formula is C15H18BrNO2. The lowest BCUT2D eigenvalue weighted by Gasteiger charge is -2.41. The summed E-state index contributed by atoms with van der Waals surface area (Å²) in [4.78, 5) is 25.7. The number of ketones is 1. The van der Waals surface area contributed by atoms with Crippen molar-refractivity contribution >= 4 is 27.6 Å². The average Bonchev–Trinajstić information content (AvgIpc) is 2.32. The van der Waals surface area contributed by atoms with Crippen molar-refractivity contribution in [3.05, 3.63) is 34.3 Å². The Kier molecular flexibility index (Phi) is 4.09. The Labute approximate surface area is 122 Å². The Morgan fingerprint density at radius 3 is 2.84 bits per heavy atom. The standard InChI is InChI=1S/C15H18BrNO2/c1-15(2)7-6-13(18)10-17(15)14(19)9-11-4-3-5-12(16)8-11/h3-5,8H,6-7,9-10H2,1-2H3. The van der Waals surface area contributed by atoms with E-state index in [1.165, 1.54) is 0 Å². The number of Topliss-reactive ketones (excluding diaryl/α,β-unsaturated/α-hetero) is 1. The molecule has 0 N–H and O–H groups in total. The van der Waals surface area contributed by atoms with E-state index >= 15 is 0 Å². The molecule has 4 heteroatoms. The lowest BCUT2D eigenvalue weighted by Crippen LogP contribution is -2.54. The van der Waals surface area contributed by atoms with Crippen molar-refractivity contribution in [1.82, 2.24) is 4.90 Å². The number of likely N-dealkylation sites (tertiary alicyclic amines) is 1. The van der Waals surface area contributed by atoms with Crippen LogP contribution in [0.15, 0.2) is 28.7 Å². The van der Waals surface area contributed by atoms with Crippen LogP contribution in [0.2, 0.25) is 0 Å². The van der Waals surface area contributed by atoms with E-state index in [9.17, 15) is 9.59 Å². The molecule has 0 radical (unpaired) electrons. The number of rotatable bonds is 2. The van der Waals surface area contributed by atoms with Gasteiger partial charge in [0.1, 0.15) is 0 Å². The maximum absolute atomic E-state index is 12.4. The maximum atomic E-state index is 12.4. The number of hydrogen-bond donors (Lipinski definition) is 0. The second-order valence-corrected chi connectivity index (χ2v) is 6.55. The first-order valence-electron chi connectivity index (χ1n) is 6.45. The van der Waals surface area contributed by atoms with Gasteiger partial charge in [0.25, 0.3) is 0 Å². The first kappa shape index (κ1) is 14.3. The van der Waals surface area contributed by atoms with Crippen molar-refractivity contribution in [3.8, 4) is 0 Å². The van der Waals surface area contributed by atoms with Gasteiger partial charge >= 0.3 is 0 Å². The number of benzene rings is 1. The van der Waals surface area contributed by atoms with Gasteiger partial charge in [-0.25, -0.2) is 0 Å². The molecule has 1 saturated heterocycles. The Hall–Kier alpha value is -1.16. The van der Waals surface area contributed by atoms with E-state index in [4.69, 9.17) is 0 Å². The zero-order chi connectivity index (χ0) is 14.0. The van der Waals surface area contributed by atoms with Crippen LogP contribution in [0.1, 0.15) is 32.3 Å². The highest BCUT2D eigenvalue weighted by atomic mass is 79.9. The lowest BCUT2D eigenvalue weighted by molar-refractivity contribution is -0.144. The Bertz CT molecular complexity index is 511. The Morgan fingerprint density at radius 1 is 1.42 bits per heavy atom. The largest absolute Gasteiger partial charge is 0.330 e. The van der Waals surface area contributed by atoms with E-state index in [0.717, 1.165) is 16.5 Å². The summed E-state index contributed by atoms with van der Waals surface area (Å²) in [6.07, 6.45) is 1.67. The van der Waals surface area contributed by atoms with Gasteiger partial charge in [0.2, 0.25) is 5.91 Å². The minimum Gasteiger partial charge on any atom is -0.330 e. The van der Waals surface area contributed by atoms with Crippen molar-refractivity contribution in [2.45, 2.75) is 38.6 Å². The highest BCUT2D eigenvalue weighted by Gasteiger charge is 2.36. The second kappa shape index (κ2) is 5.45. The molecule has 1 aliphatic rings. The molecule has 1 aromatic carbocycles. The summed E-state index contributed by atoms with van der Waals surface area (Å²) in [5.74, 6) is 0.179. The molecule has 0 saturated carbocycles. The van der Waals surface area contributed by atoms with E-state index < -0.39 is 0 Å². The van der Waals surface area contributed by atoms with Crippen molar-refractivity contribution in [2.24, 2.45) is 0 Å². The minimum atomic E-state index is -0.225. The summed E-state index contributed by atoms with van der Waals surface area (Å²) in [5, 5.41) is 0. The minimum absolute atomic E-state index is 0.0242. The molecule has 3 nitrogen and oxygen atoms in total. The quantitative estimate of drug-likeness (QED) is 0.839. The monoisotopic (exact) mass is 323 g/mol. The number of halogens is 1. The number of carbonyl (C=O) groups excluding carboxylic acids is 2. The van der Waals surface area contributed by atoms with Gasteiger partial charge in [0.15, 0.2) is 5.78 Å². The van der Waals surface area contributed by atoms with E-state index in [2.05, 4.69) is 15.9 Å². The van der Waals surface area contributed by atoms with E-state index in [0.29, 0.717) is 12.8 Å². The van der Waals surface area contributed by atoms with Crippen LogP contribution in [-0.2, 0) is 16.0 Å². The van der Waals surface area contributed by atoms with Crippen LogP contribution in [0.5, 0.6) is 0 Å². The summed E-state index contributed by atoms with van der Waals surface area (Å²) in [6.45, 7) is 4.30. The average molecular weight is 324 g/mol. The van der Waals surface area contributed by atoms with Crippen LogP contribution in [0, 0.1) is 0 Å². The molecular weight excluding hydrogens is 306 g/mol. The van der Waals surface area contributed by atoms with E-state index in [1.807, 2.05) is 38.1 Å². The summed E-state index contributed by atoms with van der Waals surface area (Å²) in [5.41, 5.74) is 0.741. The number of hydrogen-bond acceptors (Lipinski definition) is 2. The lowest BCUT2D eigenvalue weighted by atomic mass is 9.89. The maximum Gasteiger partial charge on any atom is 0.227 e. The zero-order valence-electron chi connectivity index (χ0n) is 11.3. The molecule has 2 rings (SSSR count). The topological polar surface area (TPSA) is 37.4 Å². The molecule has 102 valence electrons. The SMILES string of the molecule is CC1(C)CCC(=O)CN1C(=O)Cc1cccc(Br)c1. The molecule has 0 bridgehead atoms. The van der Waals surface area contributed by atoms with Crippen LogP contribution in [0.4, 0.5) is 0 Å². The first-order chi connectivity index (χ1) is 8.88. The molecule has 1 amide bonds. The molecule has 0 unspecified atom stereocenters. The molecule has 19 heavy (non-hydrogen) atoms. The van der Waals surface area contributed by atoms with Gasteiger partial charge in [-0.05, 0) is 38.0 Å². The van der Waals surface area contributed by atoms with Crippen LogP contribution < -0.4 is 0 Å². The van der Waals surface area contributed by atoms with Crippen LogP contribution in [-0.4, -0.2) is 28.7 Å². The fourth-order valence-corrected chi connectivity index (χ4v) is 2.84. The second-order valence-electron chi connectivity index (χ2n) is 5.64. The molecule has 1 aliphatic heterocycles. The van der Waals surface area contributed by atoms with Crippen LogP contribution in [0.25, 0.3) is 0 Å². The summed E-state index contributed by atoms with van der Waals surface area (Å²) in [6, 6.07) is 7.72. The number of nitrogens with zero attached hydrogens (tertiary/aromatic N) is 1. The van der Waals surface area contributed by atoms with Crippen molar-refractivity contribution in [1.29, 1.82) is 0 Å². The molecule has 0 aliphatic carbocycles. The third-order valence-electron chi connectivity index (χ3n) is 3.63. The zero-order valence-corrected chi connectivity index (χ0v) is 12.9. The van der Waals surface area contributed by atoms with E-state index in [-0.39, 0.29) is 23.8 Å². The van der Waals surface area contributed by atoms with Crippen molar-refractivity contribution in [2.75, 3.05) is 6.54 Å². The Balaban J connectivity index is 2.12. The highest BCUT2D eigenvalue weighted by Crippen LogP contribution is 2.26. The van der Waals surface area contributed by atoms with Gasteiger partial charge in [-0.3, -0.25) is 9.59 Å². The fourth-order valence-electron chi connectivity index (χ4n) is 2.39. The third kappa shape index (κ3) is 3.44. The predicted octanol–water partition coefficient (Wildman–Crippen LogP) is 2.96. The van der Waals surface area contributed by atoms with Crippen LogP contribution >= 0.6 is 15.9 Å². The van der Waals surface area contributed by atoms with Crippen LogP contribution in [0.3, 0.4) is 0 Å². The van der Waals surface area contributed by atoms with Gasteiger partial charge in [-0.2, -0.15) is 0 Å². The van der Waals surface area contributed by atoms with E-state index in [1.54, 1.807) is 4.90 Å². The van der Waals surface area contributed by atoms with Gasteiger partial charge in [-0.1, -0.05) is 28.1 Å². The summed E-state index contributed by atoms with van der Waals surface area (Å²) < 4.78 is 0.965. The van der Waals surface area contributed by atoms with Crippen molar-refractivity contribution < 1.29 is 9.59 Å². The smallest absolute Gasteiger partial charge is 0.227 e.